The van der Waals surface area contributed by atoms with Crippen LogP contribution in [-0.2, 0) is 9.13 Å². The SMILES string of the molecule is CCP(=O)(CC)NP(=O)(O)F. The van der Waals surface area contributed by atoms with Crippen LogP contribution in [0.4, 0.5) is 4.20 Å². The van der Waals surface area contributed by atoms with Gasteiger partial charge in [0.25, 0.3) is 0 Å². The minimum atomic E-state index is -4.83. The van der Waals surface area contributed by atoms with E-state index in [1.807, 2.05) is 0 Å². The first-order valence-electron chi connectivity index (χ1n) is 3.23. The first kappa shape index (κ1) is 11.3. The molecule has 0 amide bonds. The molecule has 0 heterocycles. The molecule has 2 N–H and O–H groups in total. The van der Waals surface area contributed by atoms with Gasteiger partial charge in [-0.3, -0.25) is 0 Å². The average Bonchev–Trinajstić information content (AvgIpc) is 1.84. The zero-order valence-electron chi connectivity index (χ0n) is 6.45. The van der Waals surface area contributed by atoms with E-state index in [9.17, 15) is 13.3 Å². The van der Waals surface area contributed by atoms with Gasteiger partial charge in [-0.15, -0.1) is 4.20 Å². The lowest BCUT2D eigenvalue weighted by Crippen LogP contribution is -2.07. The molecule has 0 fully saturated rings. The summed E-state index contributed by atoms with van der Waals surface area (Å²) in [6.07, 6.45) is 0.357. The highest BCUT2D eigenvalue weighted by atomic mass is 31.3. The van der Waals surface area contributed by atoms with E-state index in [0.717, 1.165) is 0 Å². The molecule has 0 aromatic rings. The predicted octanol–water partition coefficient (Wildman–Crippen LogP) is 1.96. The maximum atomic E-state index is 12.1. The van der Waals surface area contributed by atoms with Crippen LogP contribution in [0.3, 0.4) is 0 Å². The van der Waals surface area contributed by atoms with Gasteiger partial charge in [0.2, 0.25) is 0 Å². The van der Waals surface area contributed by atoms with Gasteiger partial charge >= 0.3 is 7.83 Å². The van der Waals surface area contributed by atoms with E-state index in [0.29, 0.717) is 0 Å². The summed E-state index contributed by atoms with van der Waals surface area (Å²) in [5, 5.41) is 0. The third-order valence-electron chi connectivity index (χ3n) is 1.33. The van der Waals surface area contributed by atoms with Gasteiger partial charge in [0.05, 0.1) is 0 Å². The van der Waals surface area contributed by atoms with Gasteiger partial charge in [0, 0.05) is 12.3 Å². The van der Waals surface area contributed by atoms with Gasteiger partial charge in [0.1, 0.15) is 0 Å². The van der Waals surface area contributed by atoms with E-state index in [1.165, 1.54) is 0 Å². The minimum Gasteiger partial charge on any atom is -0.309 e. The van der Waals surface area contributed by atoms with Crippen LogP contribution in [0, 0.1) is 0 Å². The van der Waals surface area contributed by atoms with Crippen LogP contribution >= 0.6 is 15.1 Å². The summed E-state index contributed by atoms with van der Waals surface area (Å²) in [6.45, 7) is 3.15. The highest BCUT2D eigenvalue weighted by Crippen LogP contribution is 2.53. The Hall–Kier alpha value is 0.310. The molecule has 0 bridgehead atoms. The van der Waals surface area contributed by atoms with Crippen LogP contribution in [0.25, 0.3) is 0 Å². The Morgan fingerprint density at radius 2 is 1.73 bits per heavy atom. The summed E-state index contributed by atoms with van der Waals surface area (Å²) in [5.41, 5.74) is 0. The monoisotopic (exact) mass is 203 g/mol. The highest BCUT2D eigenvalue weighted by molar-refractivity contribution is 7.72. The molecule has 0 saturated carbocycles. The van der Waals surface area contributed by atoms with Crippen LogP contribution in [0.2, 0.25) is 0 Å². The topological polar surface area (TPSA) is 66.4 Å². The molecule has 0 spiro atoms. The van der Waals surface area contributed by atoms with Crippen molar-refractivity contribution in [1.82, 2.24) is 4.86 Å². The Balaban J connectivity index is 4.34. The van der Waals surface area contributed by atoms with Gasteiger partial charge in [-0.1, -0.05) is 13.8 Å². The van der Waals surface area contributed by atoms with Crippen LogP contribution in [0.1, 0.15) is 13.8 Å². The van der Waals surface area contributed by atoms with Crippen molar-refractivity contribution in [2.24, 2.45) is 0 Å². The predicted molar refractivity (Wildman–Crippen MR) is 42.8 cm³/mol. The lowest BCUT2D eigenvalue weighted by molar-refractivity contribution is 0.423. The summed E-state index contributed by atoms with van der Waals surface area (Å²) in [7, 11) is -7.77. The fourth-order valence-electron chi connectivity index (χ4n) is 0.590. The number of halogens is 1. The van der Waals surface area contributed by atoms with E-state index < -0.39 is 15.1 Å². The van der Waals surface area contributed by atoms with Crippen molar-refractivity contribution in [2.75, 3.05) is 12.3 Å². The average molecular weight is 203 g/mol. The van der Waals surface area contributed by atoms with Gasteiger partial charge in [-0.05, 0) is 0 Å². The quantitative estimate of drug-likeness (QED) is 0.685. The smallest absolute Gasteiger partial charge is 0.309 e. The maximum Gasteiger partial charge on any atom is 0.445 e. The molecular weight excluding hydrogens is 191 g/mol. The van der Waals surface area contributed by atoms with E-state index in [2.05, 4.69) is 0 Å². The largest absolute Gasteiger partial charge is 0.445 e. The number of rotatable bonds is 4. The maximum absolute atomic E-state index is 12.1. The first-order valence-corrected chi connectivity index (χ1v) is 6.86. The summed E-state index contributed by atoms with van der Waals surface area (Å²) >= 11 is 0. The fraction of sp³-hybridized carbons (Fsp3) is 1.00. The Kier molecular flexibility index (Phi) is 3.92. The van der Waals surface area contributed by atoms with Crippen molar-refractivity contribution in [1.29, 1.82) is 0 Å². The summed E-state index contributed by atoms with van der Waals surface area (Å²) < 4.78 is 33.5. The Morgan fingerprint density at radius 1 is 1.36 bits per heavy atom. The van der Waals surface area contributed by atoms with Crippen molar-refractivity contribution in [2.45, 2.75) is 13.8 Å². The Morgan fingerprint density at radius 3 is 1.82 bits per heavy atom. The first-order chi connectivity index (χ1) is 4.83. The van der Waals surface area contributed by atoms with Crippen molar-refractivity contribution >= 4 is 15.1 Å². The molecule has 0 aliphatic rings. The van der Waals surface area contributed by atoms with Crippen molar-refractivity contribution < 1.29 is 18.2 Å². The molecule has 0 radical (unpaired) electrons. The van der Waals surface area contributed by atoms with Crippen LogP contribution in [0.5, 0.6) is 0 Å². The second-order valence-electron chi connectivity index (χ2n) is 2.12. The molecule has 1 unspecified atom stereocenters. The highest BCUT2D eigenvalue weighted by Gasteiger charge is 2.27. The number of nitrogens with one attached hydrogen (secondary N) is 1. The molecule has 0 aromatic heterocycles. The molecule has 1 atom stereocenters. The van der Waals surface area contributed by atoms with Crippen LogP contribution in [-0.4, -0.2) is 17.2 Å². The number of hydrogen-bond acceptors (Lipinski definition) is 2. The van der Waals surface area contributed by atoms with Gasteiger partial charge in [0.15, 0.2) is 7.29 Å². The van der Waals surface area contributed by atoms with Gasteiger partial charge < -0.3 is 9.46 Å². The Bertz CT molecular complexity index is 205. The molecule has 4 nitrogen and oxygen atoms in total. The van der Waals surface area contributed by atoms with E-state index in [4.69, 9.17) is 4.89 Å². The van der Waals surface area contributed by atoms with Crippen molar-refractivity contribution in [3.8, 4) is 0 Å². The molecule has 0 aliphatic carbocycles. The second kappa shape index (κ2) is 3.81. The molecule has 0 rings (SSSR count). The lowest BCUT2D eigenvalue weighted by Gasteiger charge is -2.14. The molecular formula is C4H12FNO3P2. The third-order valence-corrected chi connectivity index (χ3v) is 5.82. The minimum absolute atomic E-state index is 0.179. The molecule has 7 heteroatoms. The zero-order chi connectivity index (χ0) is 9.12. The van der Waals surface area contributed by atoms with E-state index >= 15 is 0 Å². The van der Waals surface area contributed by atoms with Crippen molar-refractivity contribution in [3.63, 3.8) is 0 Å². The summed E-state index contributed by atoms with van der Waals surface area (Å²) in [6, 6.07) is 0. The van der Waals surface area contributed by atoms with E-state index in [-0.39, 0.29) is 12.3 Å². The second-order valence-corrected chi connectivity index (χ2v) is 6.97. The van der Waals surface area contributed by atoms with Crippen LogP contribution < -0.4 is 4.86 Å². The van der Waals surface area contributed by atoms with Gasteiger partial charge in [-0.2, -0.15) is 4.86 Å². The summed E-state index contributed by atoms with van der Waals surface area (Å²) in [4.78, 5) is 9.85. The molecule has 11 heavy (non-hydrogen) atoms. The lowest BCUT2D eigenvalue weighted by atomic mass is 11.0. The molecule has 68 valence electrons. The fourth-order valence-corrected chi connectivity index (χ4v) is 3.97. The van der Waals surface area contributed by atoms with E-state index in [1.54, 1.807) is 18.7 Å². The Labute approximate surface area is 65.2 Å². The standard InChI is InChI=1S/C4H12FNO3P2/c1-3-10(7,4-2)6-11(5,8)9/h3-4H2,1-2H3,(H2,6,7,8,9). The normalized spacial score (nSPS) is 17.8. The third kappa shape index (κ3) is 4.70. The van der Waals surface area contributed by atoms with Crippen molar-refractivity contribution in [3.05, 3.63) is 0 Å². The van der Waals surface area contributed by atoms with Crippen LogP contribution in [0.15, 0.2) is 0 Å². The molecule has 0 saturated heterocycles. The molecule has 0 aromatic carbocycles. The van der Waals surface area contributed by atoms with Gasteiger partial charge in [-0.25, -0.2) is 4.57 Å². The number of hydrogen-bond donors (Lipinski definition) is 2. The summed E-state index contributed by atoms with van der Waals surface area (Å²) in [5.74, 6) is 0. The zero-order valence-corrected chi connectivity index (χ0v) is 8.24. The molecule has 0 aliphatic heterocycles.